The molecular formula is C15H18N2O3S2. The van der Waals surface area contributed by atoms with Crippen molar-refractivity contribution in [2.24, 2.45) is 5.92 Å². The topological polar surface area (TPSA) is 87.0 Å². The van der Waals surface area contributed by atoms with Crippen molar-refractivity contribution in [2.45, 2.75) is 38.5 Å². The van der Waals surface area contributed by atoms with Gasteiger partial charge < -0.3 is 5.32 Å². The second kappa shape index (κ2) is 6.01. The molecule has 0 radical (unpaired) electrons. The molecule has 1 N–H and O–H groups in total. The zero-order valence-corrected chi connectivity index (χ0v) is 13.9. The number of carbonyl (C=O) groups is 1. The van der Waals surface area contributed by atoms with Crippen LogP contribution in [0.2, 0.25) is 0 Å². The van der Waals surface area contributed by atoms with Crippen LogP contribution in [-0.2, 0) is 27.5 Å². The molecule has 1 saturated heterocycles. The number of hydrogen-bond acceptors (Lipinski definition) is 5. The van der Waals surface area contributed by atoms with Gasteiger partial charge in [0.2, 0.25) is 5.91 Å². The van der Waals surface area contributed by atoms with Crippen LogP contribution in [0.5, 0.6) is 0 Å². The Morgan fingerprint density at radius 1 is 1.27 bits per heavy atom. The van der Waals surface area contributed by atoms with E-state index in [-0.39, 0.29) is 17.4 Å². The number of aryl methyl sites for hydroxylation is 1. The molecule has 118 valence electrons. The molecule has 0 spiro atoms. The molecule has 5 nitrogen and oxygen atoms in total. The number of nitrogens with zero attached hydrogens (tertiary/aromatic N) is 1. The number of amides is 1. The Morgan fingerprint density at radius 3 is 2.73 bits per heavy atom. The van der Waals surface area contributed by atoms with E-state index in [0.717, 1.165) is 31.2 Å². The predicted molar refractivity (Wildman–Crippen MR) is 85.7 cm³/mol. The van der Waals surface area contributed by atoms with Gasteiger partial charge in [-0.15, -0.1) is 11.3 Å². The Balaban J connectivity index is 1.81. The molecule has 1 unspecified atom stereocenters. The standard InChI is InChI=1S/C15H18N2O3S2/c16-8-12-11-4-2-1-3-5-13(11)21-15(12)17-14(18)10-6-7-22(19,20)9-10/h10H,1-7,9H2,(H,17,18). The van der Waals surface area contributed by atoms with Gasteiger partial charge in [-0.05, 0) is 37.7 Å². The van der Waals surface area contributed by atoms with E-state index in [4.69, 9.17) is 0 Å². The first-order valence-corrected chi connectivity index (χ1v) is 10.2. The monoisotopic (exact) mass is 338 g/mol. The predicted octanol–water partition coefficient (Wildman–Crippen LogP) is 2.26. The second-order valence-corrected chi connectivity index (χ2v) is 9.30. The van der Waals surface area contributed by atoms with E-state index in [1.165, 1.54) is 22.6 Å². The summed E-state index contributed by atoms with van der Waals surface area (Å²) in [6.45, 7) is 0. The number of thiophene rings is 1. The van der Waals surface area contributed by atoms with Crippen molar-refractivity contribution in [3.8, 4) is 6.07 Å². The molecule has 22 heavy (non-hydrogen) atoms. The lowest BCUT2D eigenvalue weighted by Crippen LogP contribution is -2.23. The van der Waals surface area contributed by atoms with Crippen LogP contribution in [-0.4, -0.2) is 25.8 Å². The van der Waals surface area contributed by atoms with Crippen LogP contribution < -0.4 is 5.32 Å². The van der Waals surface area contributed by atoms with E-state index in [0.29, 0.717) is 17.0 Å². The summed E-state index contributed by atoms with van der Waals surface area (Å²) in [6.07, 6.45) is 5.60. The molecule has 2 heterocycles. The van der Waals surface area contributed by atoms with Crippen molar-refractivity contribution in [3.05, 3.63) is 16.0 Å². The minimum absolute atomic E-state index is 0.0776. The van der Waals surface area contributed by atoms with E-state index in [2.05, 4.69) is 11.4 Å². The molecule has 2 aliphatic rings. The number of nitriles is 1. The third-order valence-corrected chi connectivity index (χ3v) is 7.35. The fraction of sp³-hybridized carbons (Fsp3) is 0.600. The summed E-state index contributed by atoms with van der Waals surface area (Å²) in [5.41, 5.74) is 1.66. The molecule has 1 aliphatic heterocycles. The molecule has 1 fully saturated rings. The molecule has 0 bridgehead atoms. The smallest absolute Gasteiger partial charge is 0.229 e. The van der Waals surface area contributed by atoms with Gasteiger partial charge in [-0.1, -0.05) is 6.42 Å². The van der Waals surface area contributed by atoms with E-state index < -0.39 is 15.8 Å². The van der Waals surface area contributed by atoms with Crippen molar-refractivity contribution in [3.63, 3.8) is 0 Å². The first-order chi connectivity index (χ1) is 10.5. The van der Waals surface area contributed by atoms with Crippen LogP contribution in [0.3, 0.4) is 0 Å². The zero-order chi connectivity index (χ0) is 15.7. The van der Waals surface area contributed by atoms with E-state index in [1.54, 1.807) is 0 Å². The van der Waals surface area contributed by atoms with Gasteiger partial charge in [-0.2, -0.15) is 5.26 Å². The molecule has 0 aromatic carbocycles. The maximum Gasteiger partial charge on any atom is 0.229 e. The van der Waals surface area contributed by atoms with Crippen molar-refractivity contribution >= 4 is 32.1 Å². The summed E-state index contributed by atoms with van der Waals surface area (Å²) in [6, 6.07) is 2.22. The van der Waals surface area contributed by atoms with Gasteiger partial charge >= 0.3 is 0 Å². The molecule has 1 amide bonds. The highest BCUT2D eigenvalue weighted by atomic mass is 32.2. The van der Waals surface area contributed by atoms with E-state index >= 15 is 0 Å². The fourth-order valence-corrected chi connectivity index (χ4v) is 6.15. The number of rotatable bonds is 2. The average Bonchev–Trinajstić information content (AvgIpc) is 2.90. The van der Waals surface area contributed by atoms with Gasteiger partial charge in [0.15, 0.2) is 9.84 Å². The first kappa shape index (κ1) is 15.5. The van der Waals surface area contributed by atoms with Gasteiger partial charge in [-0.3, -0.25) is 4.79 Å². The lowest BCUT2D eigenvalue weighted by molar-refractivity contribution is -0.119. The molecule has 7 heteroatoms. The van der Waals surface area contributed by atoms with Crippen molar-refractivity contribution in [2.75, 3.05) is 16.8 Å². The van der Waals surface area contributed by atoms with E-state index in [1.807, 2.05) is 0 Å². The third-order valence-electron chi connectivity index (χ3n) is 4.37. The number of carbonyl (C=O) groups excluding carboxylic acids is 1. The SMILES string of the molecule is N#Cc1c(NC(=O)C2CCS(=O)(=O)C2)sc2c1CCCCC2. The summed E-state index contributed by atoms with van der Waals surface area (Å²) < 4.78 is 23.0. The normalized spacial score (nSPS) is 23.3. The average molecular weight is 338 g/mol. The summed E-state index contributed by atoms with van der Waals surface area (Å²) >= 11 is 1.48. The maximum absolute atomic E-state index is 12.3. The van der Waals surface area contributed by atoms with Crippen molar-refractivity contribution in [1.82, 2.24) is 0 Å². The molecule has 3 rings (SSSR count). The van der Waals surface area contributed by atoms with Crippen LogP contribution in [0.25, 0.3) is 0 Å². The summed E-state index contributed by atoms with van der Waals surface area (Å²) in [5.74, 6) is -0.754. The van der Waals surface area contributed by atoms with Crippen LogP contribution in [0.1, 0.15) is 41.7 Å². The maximum atomic E-state index is 12.3. The number of nitrogens with one attached hydrogen (secondary N) is 1. The third kappa shape index (κ3) is 3.03. The number of fused-ring (bicyclic) bond motifs is 1. The molecule has 1 aliphatic carbocycles. The van der Waals surface area contributed by atoms with E-state index in [9.17, 15) is 18.5 Å². The number of hydrogen-bond donors (Lipinski definition) is 1. The molecule has 1 aromatic rings. The lowest BCUT2D eigenvalue weighted by atomic mass is 10.1. The Morgan fingerprint density at radius 2 is 2.05 bits per heavy atom. The van der Waals surface area contributed by atoms with Crippen LogP contribution in [0, 0.1) is 17.2 Å². The minimum Gasteiger partial charge on any atom is -0.316 e. The summed E-state index contributed by atoms with van der Waals surface area (Å²) in [7, 11) is -3.08. The molecule has 0 saturated carbocycles. The first-order valence-electron chi connectivity index (χ1n) is 7.56. The zero-order valence-electron chi connectivity index (χ0n) is 12.2. The van der Waals surface area contributed by atoms with Crippen molar-refractivity contribution in [1.29, 1.82) is 5.26 Å². The fourth-order valence-electron chi connectivity index (χ4n) is 3.16. The second-order valence-electron chi connectivity index (χ2n) is 5.97. The number of sulfone groups is 1. The Kier molecular flexibility index (Phi) is 4.24. The highest BCUT2D eigenvalue weighted by Crippen LogP contribution is 2.37. The highest BCUT2D eigenvalue weighted by Gasteiger charge is 2.33. The highest BCUT2D eigenvalue weighted by molar-refractivity contribution is 7.91. The quantitative estimate of drug-likeness (QED) is 0.838. The van der Waals surface area contributed by atoms with Crippen LogP contribution in [0.15, 0.2) is 0 Å². The molecule has 1 aromatic heterocycles. The summed E-state index contributed by atoms with van der Waals surface area (Å²) in [4.78, 5) is 13.5. The van der Waals surface area contributed by atoms with Gasteiger partial charge in [0, 0.05) is 4.88 Å². The van der Waals surface area contributed by atoms with Gasteiger partial charge in [-0.25, -0.2) is 8.42 Å². The Bertz CT molecular complexity index is 744. The van der Waals surface area contributed by atoms with Gasteiger partial charge in [0.05, 0.1) is 23.0 Å². The lowest BCUT2D eigenvalue weighted by Gasteiger charge is -2.08. The van der Waals surface area contributed by atoms with Gasteiger partial charge in [0.25, 0.3) is 0 Å². The minimum atomic E-state index is -3.08. The Labute approximate surface area is 134 Å². The molecular weight excluding hydrogens is 320 g/mol. The summed E-state index contributed by atoms with van der Waals surface area (Å²) in [5, 5.41) is 12.8. The molecule has 1 atom stereocenters. The van der Waals surface area contributed by atoms with Gasteiger partial charge in [0.1, 0.15) is 11.1 Å². The van der Waals surface area contributed by atoms with Crippen LogP contribution in [0.4, 0.5) is 5.00 Å². The largest absolute Gasteiger partial charge is 0.316 e. The van der Waals surface area contributed by atoms with Crippen LogP contribution >= 0.6 is 11.3 Å². The van der Waals surface area contributed by atoms with Crippen molar-refractivity contribution < 1.29 is 13.2 Å². The number of anilines is 1. The Hall–Kier alpha value is -1.39.